The molecular formula is C14H21NS. The molecule has 1 saturated heterocycles. The van der Waals surface area contributed by atoms with E-state index in [2.05, 4.69) is 36.5 Å². The molecule has 0 radical (unpaired) electrons. The van der Waals surface area contributed by atoms with E-state index in [0.29, 0.717) is 0 Å². The molecule has 1 aliphatic heterocycles. The number of benzene rings is 1. The van der Waals surface area contributed by atoms with Crippen LogP contribution in [0.5, 0.6) is 0 Å². The summed E-state index contributed by atoms with van der Waals surface area (Å²) >= 11 is 2.00. The molecule has 1 nitrogen and oxygen atoms in total. The SMILES string of the molecule is Cc1ccccc1SCCC1CCCCN1. The van der Waals surface area contributed by atoms with Crippen molar-refractivity contribution in [3.8, 4) is 0 Å². The monoisotopic (exact) mass is 235 g/mol. The average molecular weight is 235 g/mol. The van der Waals surface area contributed by atoms with E-state index in [-0.39, 0.29) is 0 Å². The molecule has 0 bridgehead atoms. The lowest BCUT2D eigenvalue weighted by Crippen LogP contribution is -2.34. The maximum atomic E-state index is 3.61. The molecule has 2 heteroatoms. The number of aryl methyl sites for hydroxylation is 1. The fraction of sp³-hybridized carbons (Fsp3) is 0.571. The van der Waals surface area contributed by atoms with Crippen molar-refractivity contribution in [3.63, 3.8) is 0 Å². The van der Waals surface area contributed by atoms with Crippen LogP contribution in [0.1, 0.15) is 31.2 Å². The summed E-state index contributed by atoms with van der Waals surface area (Å²) in [5, 5.41) is 3.61. The Morgan fingerprint density at radius 1 is 1.31 bits per heavy atom. The highest BCUT2D eigenvalue weighted by atomic mass is 32.2. The molecule has 88 valence electrons. The van der Waals surface area contributed by atoms with Gasteiger partial charge in [-0.3, -0.25) is 0 Å². The van der Waals surface area contributed by atoms with Gasteiger partial charge in [0.25, 0.3) is 0 Å². The zero-order valence-electron chi connectivity index (χ0n) is 10.0. The summed E-state index contributed by atoms with van der Waals surface area (Å²) in [4.78, 5) is 1.44. The molecule has 0 amide bonds. The van der Waals surface area contributed by atoms with Gasteiger partial charge in [0.05, 0.1) is 0 Å². The van der Waals surface area contributed by atoms with E-state index in [0.717, 1.165) is 6.04 Å². The minimum Gasteiger partial charge on any atom is -0.314 e. The normalized spacial score (nSPS) is 20.9. The third-order valence-electron chi connectivity index (χ3n) is 3.23. The van der Waals surface area contributed by atoms with Crippen molar-refractivity contribution in [1.82, 2.24) is 5.32 Å². The topological polar surface area (TPSA) is 12.0 Å². The van der Waals surface area contributed by atoms with Gasteiger partial charge in [0, 0.05) is 10.9 Å². The summed E-state index contributed by atoms with van der Waals surface area (Å²) in [6, 6.07) is 9.44. The average Bonchev–Trinajstić information content (AvgIpc) is 2.33. The summed E-state index contributed by atoms with van der Waals surface area (Å²) in [6.07, 6.45) is 5.45. The second-order valence-electron chi connectivity index (χ2n) is 4.55. The van der Waals surface area contributed by atoms with Crippen LogP contribution in [0.3, 0.4) is 0 Å². The molecule has 1 aromatic carbocycles. The molecule has 2 rings (SSSR count). The quantitative estimate of drug-likeness (QED) is 0.800. The summed E-state index contributed by atoms with van der Waals surface area (Å²) in [5.74, 6) is 1.24. The molecule has 0 aliphatic carbocycles. The van der Waals surface area contributed by atoms with Gasteiger partial charge in [0.2, 0.25) is 0 Å². The van der Waals surface area contributed by atoms with Crippen LogP contribution in [0, 0.1) is 6.92 Å². The zero-order valence-corrected chi connectivity index (χ0v) is 10.9. The first-order chi connectivity index (χ1) is 7.86. The molecule has 16 heavy (non-hydrogen) atoms. The maximum Gasteiger partial charge on any atom is 0.0101 e. The Hall–Kier alpha value is -0.470. The van der Waals surface area contributed by atoms with Crippen LogP contribution in [0.4, 0.5) is 0 Å². The molecule has 1 aliphatic rings. The van der Waals surface area contributed by atoms with E-state index in [1.54, 1.807) is 0 Å². The van der Waals surface area contributed by atoms with Gasteiger partial charge in [0.1, 0.15) is 0 Å². The van der Waals surface area contributed by atoms with Gasteiger partial charge in [-0.2, -0.15) is 0 Å². The third-order valence-corrected chi connectivity index (χ3v) is 4.44. The molecule has 0 saturated carbocycles. The number of thioether (sulfide) groups is 1. The first kappa shape index (κ1) is 12.0. The van der Waals surface area contributed by atoms with E-state index in [1.165, 1.54) is 48.4 Å². The summed E-state index contributed by atoms with van der Waals surface area (Å²) in [6.45, 7) is 3.42. The molecule has 1 atom stereocenters. The highest BCUT2D eigenvalue weighted by Crippen LogP contribution is 2.23. The van der Waals surface area contributed by atoms with Crippen LogP contribution in [0.2, 0.25) is 0 Å². The Balaban J connectivity index is 1.73. The van der Waals surface area contributed by atoms with Gasteiger partial charge in [-0.15, -0.1) is 11.8 Å². The third kappa shape index (κ3) is 3.53. The summed E-state index contributed by atoms with van der Waals surface area (Å²) in [5.41, 5.74) is 1.41. The van der Waals surface area contributed by atoms with Crippen molar-refractivity contribution in [2.45, 2.75) is 43.5 Å². The lowest BCUT2D eigenvalue weighted by molar-refractivity contribution is 0.395. The Labute approximate surface area is 103 Å². The van der Waals surface area contributed by atoms with E-state index in [9.17, 15) is 0 Å². The van der Waals surface area contributed by atoms with E-state index < -0.39 is 0 Å². The van der Waals surface area contributed by atoms with Crippen molar-refractivity contribution in [1.29, 1.82) is 0 Å². The molecule has 1 fully saturated rings. The minimum absolute atomic E-state index is 0.769. The van der Waals surface area contributed by atoms with Crippen LogP contribution in [0.15, 0.2) is 29.2 Å². The van der Waals surface area contributed by atoms with Gasteiger partial charge < -0.3 is 5.32 Å². The summed E-state index contributed by atoms with van der Waals surface area (Å²) < 4.78 is 0. The lowest BCUT2D eigenvalue weighted by Gasteiger charge is -2.23. The van der Waals surface area contributed by atoms with Crippen LogP contribution in [-0.2, 0) is 0 Å². The molecule has 0 aromatic heterocycles. The van der Waals surface area contributed by atoms with Crippen molar-refractivity contribution in [2.24, 2.45) is 0 Å². The number of hydrogen-bond acceptors (Lipinski definition) is 2. The minimum atomic E-state index is 0.769. The van der Waals surface area contributed by atoms with Crippen molar-refractivity contribution in [3.05, 3.63) is 29.8 Å². The summed E-state index contributed by atoms with van der Waals surface area (Å²) in [7, 11) is 0. The van der Waals surface area contributed by atoms with Crippen LogP contribution in [-0.4, -0.2) is 18.3 Å². The molecule has 1 unspecified atom stereocenters. The number of nitrogens with one attached hydrogen (secondary N) is 1. The fourth-order valence-electron chi connectivity index (χ4n) is 2.20. The molecule has 1 N–H and O–H groups in total. The van der Waals surface area contributed by atoms with Crippen LogP contribution in [0.25, 0.3) is 0 Å². The first-order valence-electron chi connectivity index (χ1n) is 6.28. The Morgan fingerprint density at radius 3 is 2.94 bits per heavy atom. The van der Waals surface area contributed by atoms with Gasteiger partial charge >= 0.3 is 0 Å². The fourth-order valence-corrected chi connectivity index (χ4v) is 3.29. The second-order valence-corrected chi connectivity index (χ2v) is 5.69. The van der Waals surface area contributed by atoms with Crippen molar-refractivity contribution >= 4 is 11.8 Å². The van der Waals surface area contributed by atoms with E-state index >= 15 is 0 Å². The molecule has 1 aromatic rings. The molecular weight excluding hydrogens is 214 g/mol. The van der Waals surface area contributed by atoms with Crippen LogP contribution >= 0.6 is 11.8 Å². The van der Waals surface area contributed by atoms with Gasteiger partial charge in [-0.25, -0.2) is 0 Å². The smallest absolute Gasteiger partial charge is 0.0101 e. The van der Waals surface area contributed by atoms with Gasteiger partial charge in [0.15, 0.2) is 0 Å². The van der Waals surface area contributed by atoms with Gasteiger partial charge in [-0.05, 0) is 50.1 Å². The Morgan fingerprint density at radius 2 is 2.19 bits per heavy atom. The Bertz CT molecular complexity index is 318. The maximum absolute atomic E-state index is 3.61. The predicted molar refractivity (Wildman–Crippen MR) is 72.2 cm³/mol. The zero-order chi connectivity index (χ0) is 11.2. The number of rotatable bonds is 4. The number of piperidine rings is 1. The highest BCUT2D eigenvalue weighted by Gasteiger charge is 2.11. The van der Waals surface area contributed by atoms with Crippen molar-refractivity contribution < 1.29 is 0 Å². The number of hydrogen-bond donors (Lipinski definition) is 1. The van der Waals surface area contributed by atoms with E-state index in [1.807, 2.05) is 11.8 Å². The second kappa shape index (κ2) is 6.31. The van der Waals surface area contributed by atoms with Crippen LogP contribution < -0.4 is 5.32 Å². The lowest BCUT2D eigenvalue weighted by atomic mass is 10.0. The highest BCUT2D eigenvalue weighted by molar-refractivity contribution is 7.99. The Kier molecular flexibility index (Phi) is 4.73. The molecule has 1 heterocycles. The predicted octanol–water partition coefficient (Wildman–Crippen LogP) is 3.62. The standard InChI is InChI=1S/C14H21NS/c1-12-6-2-3-8-14(12)16-11-9-13-7-4-5-10-15-13/h2-3,6,8,13,15H,4-5,7,9-11H2,1H3. The van der Waals surface area contributed by atoms with Gasteiger partial charge in [-0.1, -0.05) is 24.6 Å². The van der Waals surface area contributed by atoms with Crippen molar-refractivity contribution in [2.75, 3.05) is 12.3 Å². The van der Waals surface area contributed by atoms with E-state index in [4.69, 9.17) is 0 Å². The molecule has 0 spiro atoms. The largest absolute Gasteiger partial charge is 0.314 e. The first-order valence-corrected chi connectivity index (χ1v) is 7.26.